The Bertz CT molecular complexity index is 388. The van der Waals surface area contributed by atoms with Gasteiger partial charge in [0, 0.05) is 40.4 Å². The van der Waals surface area contributed by atoms with E-state index in [9.17, 15) is 4.79 Å². The van der Waals surface area contributed by atoms with E-state index in [4.69, 9.17) is 5.73 Å². The summed E-state index contributed by atoms with van der Waals surface area (Å²) < 4.78 is 1.14. The first-order chi connectivity index (χ1) is 8.15. The molecule has 0 aromatic carbocycles. The quantitative estimate of drug-likeness (QED) is 0.897. The van der Waals surface area contributed by atoms with Crippen LogP contribution in [0.2, 0.25) is 0 Å². The van der Waals surface area contributed by atoms with Gasteiger partial charge in [-0.25, -0.2) is 4.79 Å². The number of primary amides is 1. The van der Waals surface area contributed by atoms with Crippen molar-refractivity contribution in [3.05, 3.63) is 20.8 Å². The predicted octanol–water partition coefficient (Wildman–Crippen LogP) is 2.14. The number of rotatable bonds is 3. The van der Waals surface area contributed by atoms with Gasteiger partial charge in [-0.3, -0.25) is 0 Å². The zero-order valence-corrected chi connectivity index (χ0v) is 11.9. The van der Waals surface area contributed by atoms with Crippen molar-refractivity contribution in [2.24, 2.45) is 5.73 Å². The number of amides is 2. The van der Waals surface area contributed by atoms with E-state index in [1.54, 1.807) is 16.2 Å². The van der Waals surface area contributed by atoms with Gasteiger partial charge in [-0.1, -0.05) is 0 Å². The van der Waals surface area contributed by atoms with Crippen molar-refractivity contribution in [2.45, 2.75) is 25.4 Å². The van der Waals surface area contributed by atoms with Gasteiger partial charge in [0.05, 0.1) is 0 Å². The summed E-state index contributed by atoms with van der Waals surface area (Å²) >= 11 is 5.20. The van der Waals surface area contributed by atoms with Gasteiger partial charge in [0.2, 0.25) is 0 Å². The van der Waals surface area contributed by atoms with E-state index >= 15 is 0 Å². The summed E-state index contributed by atoms with van der Waals surface area (Å²) in [5.41, 5.74) is 5.24. The number of hydrogen-bond acceptors (Lipinski definition) is 3. The molecule has 4 nitrogen and oxygen atoms in total. The number of urea groups is 1. The van der Waals surface area contributed by atoms with Gasteiger partial charge in [-0.15, -0.1) is 11.3 Å². The molecule has 0 bridgehead atoms. The molecule has 2 amide bonds. The Hall–Kier alpha value is -0.590. The second-order valence-corrected chi connectivity index (χ2v) is 6.12. The summed E-state index contributed by atoms with van der Waals surface area (Å²) in [6.45, 7) is 2.43. The second kappa shape index (κ2) is 5.84. The third-order valence-electron chi connectivity index (χ3n) is 2.99. The highest BCUT2D eigenvalue weighted by Gasteiger charge is 2.20. The highest BCUT2D eigenvalue weighted by Crippen LogP contribution is 2.20. The number of halogens is 1. The number of nitrogens with two attached hydrogens (primary N) is 1. The van der Waals surface area contributed by atoms with Crippen LogP contribution in [0.4, 0.5) is 4.79 Å². The van der Waals surface area contributed by atoms with E-state index in [1.807, 2.05) is 0 Å². The van der Waals surface area contributed by atoms with Crippen LogP contribution in [0, 0.1) is 0 Å². The van der Waals surface area contributed by atoms with Crippen molar-refractivity contribution in [3.63, 3.8) is 0 Å². The molecule has 1 aliphatic heterocycles. The fraction of sp³-hybridized carbons (Fsp3) is 0.545. The molecule has 0 aliphatic carbocycles. The third kappa shape index (κ3) is 3.69. The number of likely N-dealkylation sites (tertiary alicyclic amines) is 1. The number of carbonyl (C=O) groups excluding carboxylic acids is 1. The minimum absolute atomic E-state index is 0.300. The van der Waals surface area contributed by atoms with Crippen LogP contribution in [0.3, 0.4) is 0 Å². The number of carbonyl (C=O) groups is 1. The van der Waals surface area contributed by atoms with Gasteiger partial charge in [-0.2, -0.15) is 0 Å². The molecule has 17 heavy (non-hydrogen) atoms. The van der Waals surface area contributed by atoms with Crippen LogP contribution in [-0.4, -0.2) is 30.1 Å². The lowest BCUT2D eigenvalue weighted by molar-refractivity contribution is 0.185. The molecule has 3 N–H and O–H groups in total. The molecule has 1 aromatic rings. The van der Waals surface area contributed by atoms with E-state index in [-0.39, 0.29) is 6.03 Å². The van der Waals surface area contributed by atoms with E-state index in [0.717, 1.165) is 36.9 Å². The molecule has 1 aliphatic rings. The van der Waals surface area contributed by atoms with E-state index in [2.05, 4.69) is 32.7 Å². The number of nitrogens with zero attached hydrogens (tertiary/aromatic N) is 1. The molecule has 94 valence electrons. The number of piperidine rings is 1. The average molecular weight is 318 g/mol. The molecule has 1 saturated heterocycles. The molecule has 2 rings (SSSR count). The summed E-state index contributed by atoms with van der Waals surface area (Å²) in [7, 11) is 0. The average Bonchev–Trinajstić information content (AvgIpc) is 2.73. The molecular formula is C11H16BrN3OS. The van der Waals surface area contributed by atoms with Crippen molar-refractivity contribution in [1.82, 2.24) is 10.2 Å². The van der Waals surface area contributed by atoms with Gasteiger partial charge in [0.15, 0.2) is 0 Å². The van der Waals surface area contributed by atoms with Crippen LogP contribution in [0.25, 0.3) is 0 Å². The summed E-state index contributed by atoms with van der Waals surface area (Å²) in [6, 6.07) is 2.33. The lowest BCUT2D eigenvalue weighted by Crippen LogP contribution is -2.46. The molecule has 0 atom stereocenters. The first-order valence-electron chi connectivity index (χ1n) is 5.66. The van der Waals surface area contributed by atoms with Crippen LogP contribution >= 0.6 is 27.3 Å². The molecule has 0 radical (unpaired) electrons. The maximum absolute atomic E-state index is 11.0. The summed E-state index contributed by atoms with van der Waals surface area (Å²) in [4.78, 5) is 14.0. The van der Waals surface area contributed by atoms with Gasteiger partial charge >= 0.3 is 6.03 Å². The minimum atomic E-state index is -0.300. The molecule has 0 spiro atoms. The van der Waals surface area contributed by atoms with Gasteiger partial charge < -0.3 is 16.0 Å². The topological polar surface area (TPSA) is 58.4 Å². The highest BCUT2D eigenvalue weighted by atomic mass is 79.9. The van der Waals surface area contributed by atoms with Crippen LogP contribution in [0.1, 0.15) is 17.7 Å². The first-order valence-corrected chi connectivity index (χ1v) is 7.33. The predicted molar refractivity (Wildman–Crippen MR) is 73.0 cm³/mol. The fourth-order valence-corrected chi connectivity index (χ4v) is 3.40. The van der Waals surface area contributed by atoms with Crippen molar-refractivity contribution in [3.8, 4) is 0 Å². The molecule has 6 heteroatoms. The van der Waals surface area contributed by atoms with E-state index in [0.29, 0.717) is 6.04 Å². The number of nitrogens with one attached hydrogen (secondary N) is 1. The lowest BCUT2D eigenvalue weighted by Gasteiger charge is -2.31. The maximum atomic E-state index is 11.0. The fourth-order valence-electron chi connectivity index (χ4n) is 2.00. The Morgan fingerprint density at radius 1 is 1.59 bits per heavy atom. The zero-order valence-electron chi connectivity index (χ0n) is 9.49. The minimum Gasteiger partial charge on any atom is -0.351 e. The summed E-state index contributed by atoms with van der Waals surface area (Å²) in [5, 5.41) is 5.61. The monoisotopic (exact) mass is 317 g/mol. The maximum Gasteiger partial charge on any atom is 0.314 e. The van der Waals surface area contributed by atoms with Gasteiger partial charge in [-0.05, 0) is 34.8 Å². The van der Waals surface area contributed by atoms with Gasteiger partial charge in [0.25, 0.3) is 0 Å². The van der Waals surface area contributed by atoms with Crippen molar-refractivity contribution >= 4 is 33.3 Å². The normalized spacial score (nSPS) is 17.4. The Labute approximate surface area is 113 Å². The molecule has 0 unspecified atom stereocenters. The first kappa shape index (κ1) is 12.9. The summed E-state index contributed by atoms with van der Waals surface area (Å²) in [6.07, 6.45) is 1.96. The Morgan fingerprint density at radius 2 is 2.29 bits per heavy atom. The van der Waals surface area contributed by atoms with Crippen LogP contribution in [0.5, 0.6) is 0 Å². The summed E-state index contributed by atoms with van der Waals surface area (Å²) in [5.74, 6) is 0. The number of thiophene rings is 1. The van der Waals surface area contributed by atoms with Crippen LogP contribution < -0.4 is 11.1 Å². The SMILES string of the molecule is NC(=O)N1CCC(NCc2cc(Br)cs2)CC1. The molecule has 2 heterocycles. The van der Waals surface area contributed by atoms with Crippen molar-refractivity contribution in [1.29, 1.82) is 0 Å². The Morgan fingerprint density at radius 3 is 2.82 bits per heavy atom. The standard InChI is InChI=1S/C11H16BrN3OS/c12-8-5-10(17-7-8)6-14-9-1-3-15(4-2-9)11(13)16/h5,7,9,14H,1-4,6H2,(H2,13,16). The third-order valence-corrected chi connectivity index (χ3v) is 4.69. The van der Waals surface area contributed by atoms with E-state index < -0.39 is 0 Å². The van der Waals surface area contributed by atoms with Gasteiger partial charge in [0.1, 0.15) is 0 Å². The molecular weight excluding hydrogens is 302 g/mol. The smallest absolute Gasteiger partial charge is 0.314 e. The second-order valence-electron chi connectivity index (χ2n) is 4.21. The van der Waals surface area contributed by atoms with Crippen LogP contribution in [-0.2, 0) is 6.54 Å². The molecule has 0 saturated carbocycles. The lowest BCUT2D eigenvalue weighted by atomic mass is 10.1. The molecule has 1 fully saturated rings. The van der Waals surface area contributed by atoms with Crippen molar-refractivity contribution in [2.75, 3.05) is 13.1 Å². The Kier molecular flexibility index (Phi) is 4.42. The van der Waals surface area contributed by atoms with Crippen molar-refractivity contribution < 1.29 is 4.79 Å². The number of hydrogen-bond donors (Lipinski definition) is 2. The Balaban J connectivity index is 1.73. The largest absolute Gasteiger partial charge is 0.351 e. The highest BCUT2D eigenvalue weighted by molar-refractivity contribution is 9.10. The van der Waals surface area contributed by atoms with Crippen LogP contribution in [0.15, 0.2) is 15.9 Å². The van der Waals surface area contributed by atoms with E-state index in [1.165, 1.54) is 4.88 Å². The zero-order chi connectivity index (χ0) is 12.3. The molecule has 1 aromatic heterocycles.